The number of ketones is 2. The Balaban J connectivity index is 1.52. The molecule has 1 N–H and O–H groups in total. The molecule has 2 aliphatic rings. The Morgan fingerprint density at radius 1 is 1.14 bits per heavy atom. The molecule has 7 nitrogen and oxygen atoms in total. The number of rotatable bonds is 7. The van der Waals surface area contributed by atoms with Crippen molar-refractivity contribution < 1.29 is 14.3 Å². The van der Waals surface area contributed by atoms with Gasteiger partial charge in [-0.15, -0.1) is 5.10 Å². The molecular weight excluding hydrogens is 460 g/mol. The summed E-state index contributed by atoms with van der Waals surface area (Å²) in [7, 11) is 0. The van der Waals surface area contributed by atoms with Crippen molar-refractivity contribution in [3.63, 3.8) is 0 Å². The van der Waals surface area contributed by atoms with Gasteiger partial charge in [-0.05, 0) is 24.8 Å². The number of aromatic nitrogens is 3. The summed E-state index contributed by atoms with van der Waals surface area (Å²) in [5, 5.41) is 8.62. The summed E-state index contributed by atoms with van der Waals surface area (Å²) in [4.78, 5) is 30.7. The number of carbonyl (C=O) groups is 2. The molecule has 0 radical (unpaired) electrons. The minimum Gasteiger partial charge on any atom is -0.494 e. The van der Waals surface area contributed by atoms with E-state index in [0.717, 1.165) is 23.4 Å². The summed E-state index contributed by atoms with van der Waals surface area (Å²) in [6, 6.07) is 16.5. The molecule has 0 saturated heterocycles. The molecule has 3 aromatic rings. The van der Waals surface area contributed by atoms with Crippen molar-refractivity contribution in [3.05, 3.63) is 77.0 Å². The van der Waals surface area contributed by atoms with E-state index in [1.165, 1.54) is 11.8 Å². The molecule has 0 amide bonds. The Morgan fingerprint density at radius 2 is 1.89 bits per heavy atom. The van der Waals surface area contributed by atoms with Crippen molar-refractivity contribution >= 4 is 29.3 Å². The summed E-state index contributed by atoms with van der Waals surface area (Å²) in [5.74, 6) is 1.65. The molecule has 0 fully saturated rings. The van der Waals surface area contributed by atoms with Gasteiger partial charge >= 0.3 is 0 Å². The fourth-order valence-corrected chi connectivity index (χ4v) is 5.49. The van der Waals surface area contributed by atoms with E-state index in [1.807, 2.05) is 61.5 Å². The van der Waals surface area contributed by atoms with E-state index in [9.17, 15) is 9.59 Å². The van der Waals surface area contributed by atoms with Crippen molar-refractivity contribution in [2.24, 2.45) is 5.41 Å². The van der Waals surface area contributed by atoms with Gasteiger partial charge in [0.05, 0.1) is 12.4 Å². The molecule has 0 spiro atoms. The van der Waals surface area contributed by atoms with Crippen LogP contribution in [0.25, 0.3) is 0 Å². The Morgan fingerprint density at radius 3 is 2.66 bits per heavy atom. The van der Waals surface area contributed by atoms with Gasteiger partial charge in [0.2, 0.25) is 11.1 Å². The number of Topliss-reactive ketones (excluding diaryl/α,β-unsaturated/α-hetero) is 2. The van der Waals surface area contributed by atoms with Crippen LogP contribution in [0.2, 0.25) is 0 Å². The quantitative estimate of drug-likeness (QED) is 0.356. The lowest BCUT2D eigenvalue weighted by Crippen LogP contribution is -2.36. The molecule has 0 saturated carbocycles. The van der Waals surface area contributed by atoms with E-state index in [0.29, 0.717) is 35.3 Å². The molecule has 8 heteroatoms. The summed E-state index contributed by atoms with van der Waals surface area (Å²) in [6.45, 7) is 6.67. The Hall–Kier alpha value is -3.39. The molecule has 35 heavy (non-hydrogen) atoms. The van der Waals surface area contributed by atoms with Crippen LogP contribution in [0.3, 0.4) is 0 Å². The molecule has 0 unspecified atom stereocenters. The zero-order chi connectivity index (χ0) is 24.6. The second-order valence-electron chi connectivity index (χ2n) is 9.57. The fraction of sp³-hybridized carbons (Fsp3) is 0.333. The van der Waals surface area contributed by atoms with Crippen molar-refractivity contribution in [1.29, 1.82) is 0 Å². The second-order valence-corrected chi connectivity index (χ2v) is 10.5. The second kappa shape index (κ2) is 9.34. The number of para-hydroxylation sites is 1. The Kier molecular flexibility index (Phi) is 6.23. The Labute approximate surface area is 209 Å². The third-order valence-electron chi connectivity index (χ3n) is 6.25. The largest absolute Gasteiger partial charge is 0.494 e. The number of nitrogens with zero attached hydrogens (tertiary/aromatic N) is 3. The van der Waals surface area contributed by atoms with Crippen LogP contribution in [0.1, 0.15) is 55.6 Å². The third-order valence-corrected chi connectivity index (χ3v) is 7.09. The molecule has 2 aromatic carbocycles. The van der Waals surface area contributed by atoms with E-state index in [-0.39, 0.29) is 22.7 Å². The highest BCUT2D eigenvalue weighted by atomic mass is 32.2. The highest BCUT2D eigenvalue weighted by Gasteiger charge is 2.42. The SMILES string of the molecule is CCOc1ccccc1[C@@H]1C2=C(CC(C)(C)CC2=O)Nc2nc(SCC(=O)c3ccccc3)nn21. The molecule has 1 aliphatic carbocycles. The van der Waals surface area contributed by atoms with E-state index in [2.05, 4.69) is 19.2 Å². The number of anilines is 1. The zero-order valence-electron chi connectivity index (χ0n) is 20.1. The van der Waals surface area contributed by atoms with Gasteiger partial charge in [-0.1, -0.05) is 74.1 Å². The van der Waals surface area contributed by atoms with Gasteiger partial charge < -0.3 is 10.1 Å². The number of carbonyl (C=O) groups excluding carboxylic acids is 2. The molecule has 0 bridgehead atoms. The van der Waals surface area contributed by atoms with Crippen molar-refractivity contribution in [3.8, 4) is 5.75 Å². The predicted molar refractivity (Wildman–Crippen MR) is 136 cm³/mol. The maximum Gasteiger partial charge on any atom is 0.227 e. The summed E-state index contributed by atoms with van der Waals surface area (Å²) in [6.07, 6.45) is 1.21. The minimum absolute atomic E-state index is 0.0175. The molecule has 1 aromatic heterocycles. The van der Waals surface area contributed by atoms with Crippen LogP contribution < -0.4 is 10.1 Å². The Bertz CT molecular complexity index is 1310. The minimum atomic E-state index is -0.445. The molecule has 2 heterocycles. The summed E-state index contributed by atoms with van der Waals surface area (Å²) in [5.41, 5.74) is 3.00. The first-order chi connectivity index (χ1) is 16.9. The van der Waals surface area contributed by atoms with Crippen LogP contribution in [0.4, 0.5) is 5.95 Å². The van der Waals surface area contributed by atoms with Crippen LogP contribution >= 0.6 is 11.8 Å². The zero-order valence-corrected chi connectivity index (χ0v) is 20.9. The highest BCUT2D eigenvalue weighted by Crippen LogP contribution is 2.47. The lowest BCUT2D eigenvalue weighted by atomic mass is 9.73. The first-order valence-electron chi connectivity index (χ1n) is 11.8. The number of hydrogen-bond donors (Lipinski definition) is 1. The molecule has 5 rings (SSSR count). The number of hydrogen-bond acceptors (Lipinski definition) is 7. The van der Waals surface area contributed by atoms with Crippen LogP contribution in [0.5, 0.6) is 5.75 Å². The number of thioether (sulfide) groups is 1. The fourth-order valence-electron chi connectivity index (χ4n) is 4.77. The van der Waals surface area contributed by atoms with Gasteiger partial charge in [0, 0.05) is 28.8 Å². The van der Waals surface area contributed by atoms with Gasteiger partial charge in [0.1, 0.15) is 11.8 Å². The van der Waals surface area contributed by atoms with Crippen molar-refractivity contribution in [2.45, 2.75) is 44.8 Å². The van der Waals surface area contributed by atoms with Gasteiger partial charge in [0.25, 0.3) is 0 Å². The van der Waals surface area contributed by atoms with E-state index < -0.39 is 6.04 Å². The average Bonchev–Trinajstić information content (AvgIpc) is 3.24. The number of fused-ring (bicyclic) bond motifs is 1. The van der Waals surface area contributed by atoms with Crippen LogP contribution in [-0.4, -0.2) is 38.7 Å². The average molecular weight is 489 g/mol. The number of nitrogens with one attached hydrogen (secondary N) is 1. The van der Waals surface area contributed by atoms with Gasteiger partial charge in [0.15, 0.2) is 11.6 Å². The molecule has 180 valence electrons. The summed E-state index contributed by atoms with van der Waals surface area (Å²) >= 11 is 1.30. The maximum atomic E-state index is 13.4. The number of allylic oxidation sites excluding steroid dienone is 2. The van der Waals surface area contributed by atoms with E-state index >= 15 is 0 Å². The van der Waals surface area contributed by atoms with E-state index in [1.54, 1.807) is 4.68 Å². The van der Waals surface area contributed by atoms with Crippen molar-refractivity contribution in [1.82, 2.24) is 14.8 Å². The molecule has 1 atom stereocenters. The first kappa shape index (κ1) is 23.4. The third kappa shape index (κ3) is 4.62. The van der Waals surface area contributed by atoms with Crippen LogP contribution in [-0.2, 0) is 4.79 Å². The monoisotopic (exact) mass is 488 g/mol. The topological polar surface area (TPSA) is 86.1 Å². The summed E-state index contributed by atoms with van der Waals surface area (Å²) < 4.78 is 7.70. The van der Waals surface area contributed by atoms with E-state index in [4.69, 9.17) is 14.8 Å². The van der Waals surface area contributed by atoms with Gasteiger partial charge in [-0.2, -0.15) is 4.98 Å². The predicted octanol–water partition coefficient (Wildman–Crippen LogP) is 5.31. The van der Waals surface area contributed by atoms with Crippen LogP contribution in [0, 0.1) is 5.41 Å². The normalized spacial score (nSPS) is 18.5. The van der Waals surface area contributed by atoms with Crippen molar-refractivity contribution in [2.75, 3.05) is 17.7 Å². The lowest BCUT2D eigenvalue weighted by Gasteiger charge is -2.38. The standard InChI is InChI=1S/C27H28N4O3S/c1-4-34-22-13-9-8-12-18(22)24-23-19(14-27(2,3)15-20(23)32)28-25-29-26(30-31(24)25)35-16-21(33)17-10-6-5-7-11-17/h5-13,24H,4,14-16H2,1-3H3,(H,28,29,30)/t24-/m1/s1. The number of ether oxygens (including phenoxy) is 1. The first-order valence-corrected chi connectivity index (χ1v) is 12.8. The molecule has 1 aliphatic heterocycles. The molecular formula is C27H28N4O3S. The van der Waals surface area contributed by atoms with Gasteiger partial charge in [-0.3, -0.25) is 9.59 Å². The highest BCUT2D eigenvalue weighted by molar-refractivity contribution is 7.99. The maximum absolute atomic E-state index is 13.4. The van der Waals surface area contributed by atoms with Crippen LogP contribution in [0.15, 0.2) is 71.0 Å². The van der Waals surface area contributed by atoms with Gasteiger partial charge in [-0.25, -0.2) is 4.68 Å². The number of benzene rings is 2. The smallest absolute Gasteiger partial charge is 0.227 e. The lowest BCUT2D eigenvalue weighted by molar-refractivity contribution is -0.118.